The monoisotopic (exact) mass is 1450 g/mol. The van der Waals surface area contributed by atoms with Gasteiger partial charge in [0.15, 0.2) is 46.0 Å². The average molecular weight is 1450 g/mol. The Bertz CT molecular complexity index is 5710. The molecule has 15 aromatic carbocycles. The summed E-state index contributed by atoms with van der Waals surface area (Å²) >= 11 is 0. The van der Waals surface area contributed by atoms with Gasteiger partial charge in [0, 0.05) is 58.4 Å². The van der Waals surface area contributed by atoms with Crippen LogP contribution in [-0.2, 0) is 44.9 Å². The van der Waals surface area contributed by atoms with Gasteiger partial charge in [-0.2, -0.15) is 0 Å². The zero-order valence-electron chi connectivity index (χ0n) is 57.6. The van der Waals surface area contributed by atoms with Gasteiger partial charge in [-0.05, 0) is 259 Å². The van der Waals surface area contributed by atoms with E-state index in [1.807, 2.05) is 6.07 Å². The Kier molecular flexibility index (Phi) is 21.5. The number of phenolic OH excluding ortho intramolecular Hbond substituents is 19. The Balaban J connectivity index is 0.000000135. The zero-order valence-corrected chi connectivity index (χ0v) is 57.6. The van der Waals surface area contributed by atoms with E-state index in [2.05, 4.69) is 0 Å². The lowest BCUT2D eigenvalue weighted by Crippen LogP contribution is -1.96. The molecule has 19 N–H and O–H groups in total. The van der Waals surface area contributed by atoms with Crippen LogP contribution in [0.15, 0.2) is 249 Å². The van der Waals surface area contributed by atoms with Crippen LogP contribution in [-0.4, -0.2) is 97.0 Å². The fourth-order valence-electron chi connectivity index (χ4n) is 13.0. The lowest BCUT2D eigenvalue weighted by Gasteiger charge is -2.15. The molecule has 0 saturated heterocycles. The molecule has 0 bridgehead atoms. The summed E-state index contributed by atoms with van der Waals surface area (Å²) in [7, 11) is 0. The first-order valence-electron chi connectivity index (χ1n) is 34.0. The molecule has 0 atom stereocenters. The molecular formula is C89H74O19. The lowest BCUT2D eigenvalue weighted by molar-refractivity contribution is 0.404. The van der Waals surface area contributed by atoms with Crippen molar-refractivity contribution in [1.82, 2.24) is 0 Å². The van der Waals surface area contributed by atoms with Crippen LogP contribution in [0.1, 0.15) is 77.9 Å². The molecule has 19 nitrogen and oxygen atoms in total. The molecule has 108 heavy (non-hydrogen) atoms. The Morgan fingerprint density at radius 3 is 0.861 bits per heavy atom. The van der Waals surface area contributed by atoms with Crippen LogP contribution in [0.5, 0.6) is 109 Å². The molecule has 544 valence electrons. The summed E-state index contributed by atoms with van der Waals surface area (Å²) in [6, 6.07) is 67.9. The molecular weight excluding hydrogens is 1370 g/mol. The predicted molar refractivity (Wildman–Crippen MR) is 412 cm³/mol. The molecule has 0 aromatic heterocycles. The number of aromatic hydroxyl groups is 19. The van der Waals surface area contributed by atoms with Crippen molar-refractivity contribution in [2.45, 2.75) is 44.9 Å². The van der Waals surface area contributed by atoms with Gasteiger partial charge in [0.05, 0.1) is 0 Å². The van der Waals surface area contributed by atoms with E-state index in [9.17, 15) is 97.0 Å². The molecule has 0 aliphatic heterocycles. The second kappa shape index (κ2) is 31.6. The number of fused-ring (bicyclic) bond motifs is 4. The van der Waals surface area contributed by atoms with Gasteiger partial charge >= 0.3 is 0 Å². The third-order valence-electron chi connectivity index (χ3n) is 18.6. The minimum Gasteiger partial charge on any atom is -0.508 e. The maximum Gasteiger partial charge on any atom is 0.165 e. The fourth-order valence-corrected chi connectivity index (χ4v) is 13.0. The molecule has 0 amide bonds. The molecule has 0 radical (unpaired) electrons. The molecule has 0 spiro atoms. The molecule has 0 unspecified atom stereocenters. The summed E-state index contributed by atoms with van der Waals surface area (Å²) in [6.45, 7) is 0. The summed E-state index contributed by atoms with van der Waals surface area (Å²) in [4.78, 5) is 0. The number of benzene rings is 15. The molecule has 15 rings (SSSR count). The first kappa shape index (κ1) is 73.3. The SMILES string of the molecule is Oc1ccc(Cc2cc(O)c(O)c3c(Cc4ccc(O)cc4)c(O)ccc23)cc1.Oc1ccc(Cc2cc(O)c(O)c3cc(O)ccc23)cc1.Oc1ccc(Cc2cc3c(Cc4ccc(O)cc4)cc(O)c(O)c3cc2O)cc1.Oc1ccc(Cc2cc3cc(Cc4ccc(O)cc4)c(O)c(O)c3cc2O)cc1. The number of hydrogen-bond acceptors (Lipinski definition) is 19. The van der Waals surface area contributed by atoms with E-state index in [1.165, 1.54) is 36.4 Å². The Morgan fingerprint density at radius 2 is 0.454 bits per heavy atom. The third-order valence-corrected chi connectivity index (χ3v) is 18.6. The van der Waals surface area contributed by atoms with Crippen LogP contribution in [0, 0.1) is 0 Å². The molecule has 19 heteroatoms. The summed E-state index contributed by atoms with van der Waals surface area (Å²) < 4.78 is 0. The van der Waals surface area contributed by atoms with Crippen LogP contribution < -0.4 is 0 Å². The minimum atomic E-state index is -0.279. The number of rotatable bonds is 14. The van der Waals surface area contributed by atoms with Crippen LogP contribution in [0.2, 0.25) is 0 Å². The van der Waals surface area contributed by atoms with Gasteiger partial charge in [-0.3, -0.25) is 0 Å². The van der Waals surface area contributed by atoms with Crippen molar-refractivity contribution in [3.8, 4) is 109 Å². The highest BCUT2D eigenvalue weighted by molar-refractivity contribution is 5.99. The van der Waals surface area contributed by atoms with E-state index in [0.717, 1.165) is 71.8 Å². The molecule has 0 saturated carbocycles. The van der Waals surface area contributed by atoms with E-state index >= 15 is 0 Å². The van der Waals surface area contributed by atoms with E-state index < -0.39 is 0 Å². The van der Waals surface area contributed by atoms with Crippen molar-refractivity contribution in [2.24, 2.45) is 0 Å². The van der Waals surface area contributed by atoms with Gasteiger partial charge in [-0.1, -0.05) is 97.1 Å². The van der Waals surface area contributed by atoms with Gasteiger partial charge in [-0.15, -0.1) is 0 Å². The Labute approximate surface area is 617 Å². The Hall–Kier alpha value is -14.5. The van der Waals surface area contributed by atoms with Crippen molar-refractivity contribution < 1.29 is 97.0 Å². The Morgan fingerprint density at radius 1 is 0.157 bits per heavy atom. The van der Waals surface area contributed by atoms with E-state index in [1.54, 1.807) is 206 Å². The van der Waals surface area contributed by atoms with Crippen molar-refractivity contribution in [3.05, 3.63) is 327 Å². The van der Waals surface area contributed by atoms with Crippen molar-refractivity contribution in [3.63, 3.8) is 0 Å². The number of phenols is 19. The van der Waals surface area contributed by atoms with E-state index in [4.69, 9.17) is 0 Å². The van der Waals surface area contributed by atoms with Gasteiger partial charge in [0.25, 0.3) is 0 Å². The first-order chi connectivity index (χ1) is 51.8. The zero-order chi connectivity index (χ0) is 76.6. The summed E-state index contributed by atoms with van der Waals surface area (Å²) in [6.07, 6.45) is 3.10. The normalized spacial score (nSPS) is 11.0. The van der Waals surface area contributed by atoms with Crippen LogP contribution in [0.4, 0.5) is 0 Å². The average Bonchev–Trinajstić information content (AvgIpc) is 0.785. The van der Waals surface area contributed by atoms with Crippen molar-refractivity contribution in [1.29, 1.82) is 0 Å². The topological polar surface area (TPSA) is 384 Å². The third kappa shape index (κ3) is 17.1. The quantitative estimate of drug-likeness (QED) is 0.0450. The highest BCUT2D eigenvalue weighted by Crippen LogP contribution is 2.46. The smallest absolute Gasteiger partial charge is 0.165 e. The maximum absolute atomic E-state index is 10.6. The van der Waals surface area contributed by atoms with E-state index in [-0.39, 0.29) is 109 Å². The predicted octanol–water partition coefficient (Wildman–Crippen LogP) is 16.9. The molecule has 0 aliphatic carbocycles. The van der Waals surface area contributed by atoms with Crippen molar-refractivity contribution >= 4 is 43.1 Å². The van der Waals surface area contributed by atoms with E-state index in [0.29, 0.717) is 94.1 Å². The maximum atomic E-state index is 10.6. The van der Waals surface area contributed by atoms with Gasteiger partial charge in [0.2, 0.25) is 0 Å². The summed E-state index contributed by atoms with van der Waals surface area (Å²) in [5.74, 6) is -0.750. The number of hydrogen-bond donors (Lipinski definition) is 19. The fraction of sp³-hybridized carbons (Fsp3) is 0.0787. The van der Waals surface area contributed by atoms with Crippen LogP contribution >= 0.6 is 0 Å². The van der Waals surface area contributed by atoms with Crippen LogP contribution in [0.25, 0.3) is 43.1 Å². The standard InChI is InChI=1S/3C24H20O5.C17H14O4/c25-19-5-1-14(2-6-19)9-17-11-16-12-18(10-15-3-7-20(26)8-4-15)23(28)24(29)21(16)13-22(17)27;25-18-5-1-14(2-6-18)9-16-12-23(28)24(29)21-13-22(27)17(11-20(16)21)10-15-3-7-19(26)8-4-15;25-17-5-1-14(2-6-17)11-16-13-22(28)24(29)23-19(16)9-10-21(27)20(23)12-15-3-7-18(26)8-4-15;18-12-3-1-10(2-4-12)7-11-8-16(20)17(21)15-9-13(19)5-6-14(11)15/h2*1-8,11-13,25-29H,9-10H2;1-10,13,25-29H,11-12H2;1-6,8-9,18-21H,7H2. The minimum absolute atomic E-state index is 0.0158. The van der Waals surface area contributed by atoms with Crippen molar-refractivity contribution in [2.75, 3.05) is 0 Å². The molecule has 0 heterocycles. The summed E-state index contributed by atoms with van der Waals surface area (Å²) in [5, 5.41) is 193. The molecule has 0 aliphatic rings. The molecule has 0 fully saturated rings. The highest BCUT2D eigenvalue weighted by Gasteiger charge is 2.21. The van der Waals surface area contributed by atoms with Crippen LogP contribution in [0.3, 0.4) is 0 Å². The second-order valence-corrected chi connectivity index (χ2v) is 26.3. The lowest BCUT2D eigenvalue weighted by atomic mass is 9.91. The highest BCUT2D eigenvalue weighted by atomic mass is 16.3. The van der Waals surface area contributed by atoms with Gasteiger partial charge < -0.3 is 97.0 Å². The van der Waals surface area contributed by atoms with Gasteiger partial charge in [0.1, 0.15) is 63.2 Å². The second-order valence-electron chi connectivity index (χ2n) is 26.3. The van der Waals surface area contributed by atoms with Gasteiger partial charge in [-0.25, -0.2) is 0 Å². The largest absolute Gasteiger partial charge is 0.508 e. The first-order valence-corrected chi connectivity index (χ1v) is 34.0. The summed E-state index contributed by atoms with van der Waals surface area (Å²) in [5.41, 5.74) is 11.2. The molecule has 15 aromatic rings.